The highest BCUT2D eigenvalue weighted by Gasteiger charge is 2.19. The van der Waals surface area contributed by atoms with Crippen LogP contribution in [0.15, 0.2) is 69.8 Å². The zero-order valence-corrected chi connectivity index (χ0v) is 18.0. The molecule has 0 bridgehead atoms. The maximum absolute atomic E-state index is 11.3. The summed E-state index contributed by atoms with van der Waals surface area (Å²) < 4.78 is 5.89. The third kappa shape index (κ3) is 5.08. The molecule has 4 rings (SSSR count). The summed E-state index contributed by atoms with van der Waals surface area (Å²) in [5.41, 5.74) is 3.24. The van der Waals surface area contributed by atoms with Crippen molar-refractivity contribution in [3.05, 3.63) is 86.9 Å². The summed E-state index contributed by atoms with van der Waals surface area (Å²) in [5, 5.41) is 11.7. The lowest BCUT2D eigenvalue weighted by Crippen LogP contribution is -2.11. The Bertz CT molecular complexity index is 1100. The number of benzene rings is 1. The van der Waals surface area contributed by atoms with Crippen molar-refractivity contribution in [3.8, 4) is 11.3 Å². The van der Waals surface area contributed by atoms with Gasteiger partial charge in [0.2, 0.25) is 0 Å². The predicted octanol–water partition coefficient (Wildman–Crippen LogP) is 6.41. The molecule has 0 radical (unpaired) electrons. The van der Waals surface area contributed by atoms with Crippen molar-refractivity contribution >= 4 is 53.9 Å². The van der Waals surface area contributed by atoms with Crippen LogP contribution < -0.4 is 0 Å². The lowest BCUT2D eigenvalue weighted by atomic mass is 9.96. The van der Waals surface area contributed by atoms with Gasteiger partial charge in [0, 0.05) is 35.6 Å². The quantitative estimate of drug-likeness (QED) is 0.328. The molecule has 2 aromatic heterocycles. The first-order valence-corrected chi connectivity index (χ1v) is 9.19. The van der Waals surface area contributed by atoms with E-state index in [9.17, 15) is 10.1 Å². The fraction of sp³-hybridized carbons (Fsp3) is 0.143. The van der Waals surface area contributed by atoms with E-state index in [1.807, 2.05) is 18.2 Å². The molecule has 30 heavy (non-hydrogen) atoms. The number of nitro groups is 1. The number of nitro benzene ring substituents is 1. The molecule has 3 heterocycles. The normalized spacial score (nSPS) is 14.4. The molecule has 0 saturated carbocycles. The van der Waals surface area contributed by atoms with Gasteiger partial charge in [0.1, 0.15) is 11.5 Å². The SMILES string of the molecule is Cl.Cl.O=[N+]([O-])c1cc(Cl)ccc1-c1ccc(C=C2CCCN=C2c2cccnc2)o1. The van der Waals surface area contributed by atoms with Crippen LogP contribution in [0.1, 0.15) is 24.2 Å². The molecule has 0 aliphatic carbocycles. The minimum atomic E-state index is -0.462. The molecule has 1 aliphatic heterocycles. The first-order chi connectivity index (χ1) is 13.6. The molecular formula is C21H18Cl3N3O3. The third-order valence-corrected chi connectivity index (χ3v) is 4.71. The van der Waals surface area contributed by atoms with E-state index in [1.165, 1.54) is 6.07 Å². The summed E-state index contributed by atoms with van der Waals surface area (Å²) in [6.07, 6.45) is 7.31. The number of aromatic nitrogens is 1. The van der Waals surface area contributed by atoms with Crippen molar-refractivity contribution < 1.29 is 9.34 Å². The molecule has 0 spiro atoms. The van der Waals surface area contributed by atoms with Gasteiger partial charge in [-0.05, 0) is 60.9 Å². The van der Waals surface area contributed by atoms with Crippen LogP contribution in [0.3, 0.4) is 0 Å². The Kier molecular flexibility index (Phi) is 8.17. The standard InChI is InChI=1S/C21H16ClN3O3.2ClH/c22-16-5-7-18(19(12-16)25(26)27)20-8-6-17(28-20)11-14-3-2-10-24-21(14)15-4-1-9-23-13-15;;/h1,4-9,11-13H,2-3,10H2;2*1H. The number of furan rings is 1. The number of pyridine rings is 1. The van der Waals surface area contributed by atoms with Crippen molar-refractivity contribution in [3.63, 3.8) is 0 Å². The summed E-state index contributed by atoms with van der Waals surface area (Å²) in [5.74, 6) is 1.04. The Balaban J connectivity index is 0.00000160. The van der Waals surface area contributed by atoms with Crippen molar-refractivity contribution in [1.29, 1.82) is 0 Å². The van der Waals surface area contributed by atoms with Gasteiger partial charge < -0.3 is 4.42 Å². The van der Waals surface area contributed by atoms with Crippen LogP contribution in [-0.4, -0.2) is 22.2 Å². The molecule has 0 amide bonds. The van der Waals surface area contributed by atoms with Crippen molar-refractivity contribution in [2.24, 2.45) is 4.99 Å². The number of halogens is 3. The highest BCUT2D eigenvalue weighted by atomic mass is 35.5. The van der Waals surface area contributed by atoms with E-state index in [1.54, 1.807) is 36.7 Å². The van der Waals surface area contributed by atoms with Crippen LogP contribution in [0.5, 0.6) is 0 Å². The third-order valence-electron chi connectivity index (χ3n) is 4.48. The van der Waals surface area contributed by atoms with Gasteiger partial charge >= 0.3 is 0 Å². The van der Waals surface area contributed by atoms with E-state index in [4.69, 9.17) is 16.0 Å². The summed E-state index contributed by atoms with van der Waals surface area (Å²) >= 11 is 5.89. The predicted molar refractivity (Wildman–Crippen MR) is 123 cm³/mol. The average Bonchev–Trinajstić information content (AvgIpc) is 3.17. The van der Waals surface area contributed by atoms with E-state index >= 15 is 0 Å². The van der Waals surface area contributed by atoms with Crippen LogP contribution in [-0.2, 0) is 0 Å². The molecule has 1 aromatic carbocycles. The van der Waals surface area contributed by atoms with Gasteiger partial charge in [-0.3, -0.25) is 20.1 Å². The fourth-order valence-corrected chi connectivity index (χ4v) is 3.38. The molecule has 3 aromatic rings. The van der Waals surface area contributed by atoms with Crippen molar-refractivity contribution in [1.82, 2.24) is 4.98 Å². The van der Waals surface area contributed by atoms with E-state index in [2.05, 4.69) is 9.98 Å². The zero-order valence-electron chi connectivity index (χ0n) is 15.7. The maximum atomic E-state index is 11.3. The average molecular weight is 467 g/mol. The summed E-state index contributed by atoms with van der Waals surface area (Å²) in [6, 6.07) is 11.9. The molecule has 0 saturated heterocycles. The van der Waals surface area contributed by atoms with Crippen LogP contribution in [0, 0.1) is 10.1 Å². The second-order valence-corrected chi connectivity index (χ2v) is 6.80. The van der Waals surface area contributed by atoms with Gasteiger partial charge in [-0.25, -0.2) is 0 Å². The molecule has 0 unspecified atom stereocenters. The smallest absolute Gasteiger partial charge is 0.281 e. The number of rotatable bonds is 4. The van der Waals surface area contributed by atoms with Gasteiger partial charge in [0.05, 0.1) is 16.2 Å². The number of nitrogens with zero attached hydrogens (tertiary/aromatic N) is 3. The number of aliphatic imine (C=N–C) groups is 1. The highest BCUT2D eigenvalue weighted by Crippen LogP contribution is 2.34. The van der Waals surface area contributed by atoms with Gasteiger partial charge in [-0.15, -0.1) is 24.8 Å². The molecule has 0 fully saturated rings. The molecule has 9 heteroatoms. The Labute approximate surface area is 190 Å². The molecule has 6 nitrogen and oxygen atoms in total. The van der Waals surface area contributed by atoms with E-state index in [-0.39, 0.29) is 30.5 Å². The van der Waals surface area contributed by atoms with Gasteiger partial charge in [0.25, 0.3) is 5.69 Å². The van der Waals surface area contributed by atoms with E-state index < -0.39 is 4.92 Å². The number of hydrogen-bond donors (Lipinski definition) is 0. The lowest BCUT2D eigenvalue weighted by Gasteiger charge is -2.15. The van der Waals surface area contributed by atoms with Crippen molar-refractivity contribution in [2.45, 2.75) is 12.8 Å². The Hall–Kier alpha value is -2.67. The fourth-order valence-electron chi connectivity index (χ4n) is 3.21. The zero-order chi connectivity index (χ0) is 19.5. The molecular weight excluding hydrogens is 449 g/mol. The largest absolute Gasteiger partial charge is 0.456 e. The van der Waals surface area contributed by atoms with Crippen LogP contribution in [0.4, 0.5) is 5.69 Å². The monoisotopic (exact) mass is 465 g/mol. The van der Waals surface area contributed by atoms with Gasteiger partial charge in [-0.2, -0.15) is 0 Å². The first kappa shape index (κ1) is 23.6. The van der Waals surface area contributed by atoms with Crippen LogP contribution >= 0.6 is 36.4 Å². The molecule has 0 N–H and O–H groups in total. The summed E-state index contributed by atoms with van der Waals surface area (Å²) in [4.78, 5) is 19.7. The Morgan fingerprint density at radius 3 is 2.73 bits per heavy atom. The lowest BCUT2D eigenvalue weighted by molar-refractivity contribution is -0.384. The second-order valence-electron chi connectivity index (χ2n) is 6.37. The molecule has 156 valence electrons. The summed E-state index contributed by atoms with van der Waals surface area (Å²) in [7, 11) is 0. The van der Waals surface area contributed by atoms with E-state index in [0.29, 0.717) is 22.1 Å². The van der Waals surface area contributed by atoms with Gasteiger partial charge in [-0.1, -0.05) is 11.6 Å². The summed E-state index contributed by atoms with van der Waals surface area (Å²) in [6.45, 7) is 0.780. The van der Waals surface area contributed by atoms with Gasteiger partial charge in [0.15, 0.2) is 0 Å². The highest BCUT2D eigenvalue weighted by molar-refractivity contribution is 6.30. The second kappa shape index (κ2) is 10.4. The number of allylic oxidation sites excluding steroid dienone is 1. The Morgan fingerprint density at radius 2 is 2.00 bits per heavy atom. The van der Waals surface area contributed by atoms with E-state index in [0.717, 1.165) is 36.2 Å². The Morgan fingerprint density at radius 1 is 1.17 bits per heavy atom. The topological polar surface area (TPSA) is 81.5 Å². The van der Waals surface area contributed by atoms with Crippen molar-refractivity contribution in [2.75, 3.05) is 6.54 Å². The minimum absolute atomic E-state index is 0. The van der Waals surface area contributed by atoms with Crippen LogP contribution in [0.2, 0.25) is 5.02 Å². The minimum Gasteiger partial charge on any atom is -0.456 e. The molecule has 0 atom stereocenters. The molecule has 1 aliphatic rings. The number of hydrogen-bond acceptors (Lipinski definition) is 5. The van der Waals surface area contributed by atoms with Crippen LogP contribution in [0.25, 0.3) is 17.4 Å². The first-order valence-electron chi connectivity index (χ1n) is 8.82. The maximum Gasteiger partial charge on any atom is 0.281 e.